The monoisotopic (exact) mass is 451 g/mol. The number of methoxy groups -OCH3 is 1. The lowest BCUT2D eigenvalue weighted by atomic mass is 9.88. The van der Waals surface area contributed by atoms with Gasteiger partial charge >= 0.3 is 0 Å². The van der Waals surface area contributed by atoms with Crippen LogP contribution in [0.1, 0.15) is 50.3 Å². The Kier molecular flexibility index (Phi) is 5.99. The molecule has 4 nitrogen and oxygen atoms in total. The maximum absolute atomic E-state index is 13.4. The maximum Gasteiger partial charge on any atom is 0.180 e. The van der Waals surface area contributed by atoms with Crippen molar-refractivity contribution in [2.75, 3.05) is 12.9 Å². The van der Waals surface area contributed by atoms with Crippen molar-refractivity contribution in [3.8, 4) is 5.75 Å². The molecule has 0 radical (unpaired) electrons. The molecule has 6 heteroatoms. The first kappa shape index (κ1) is 20.4. The fourth-order valence-electron chi connectivity index (χ4n) is 3.98. The van der Waals surface area contributed by atoms with E-state index in [1.807, 2.05) is 36.4 Å². The minimum absolute atomic E-state index is 0.0888. The summed E-state index contributed by atoms with van der Waals surface area (Å²) in [6.45, 7) is 4.16. The Morgan fingerprint density at radius 2 is 1.93 bits per heavy atom. The third kappa shape index (κ3) is 3.93. The molecule has 27 heavy (non-hydrogen) atoms. The summed E-state index contributed by atoms with van der Waals surface area (Å²) in [6.07, 6.45) is 2.47. The molecule has 0 spiro atoms. The number of fused-ring (bicyclic) bond motifs is 1. The van der Waals surface area contributed by atoms with Crippen molar-refractivity contribution in [3.63, 3.8) is 0 Å². The summed E-state index contributed by atoms with van der Waals surface area (Å²) in [5.74, 6) is 0.620. The molecule has 0 aromatic heterocycles. The number of ether oxygens (including phenoxy) is 1. The molecule has 2 aromatic carbocycles. The lowest BCUT2D eigenvalue weighted by Crippen LogP contribution is -2.50. The molecule has 0 saturated carbocycles. The standard InChI is InChI=1S/C21H26BrNO3S/c1-4-11-21(5-2)14-27(24,25)19-13-18(26-3)17(22)12-16(19)20(23-21)15-9-7-6-8-10-15/h6-10,12-13,20,23H,4-5,11,14H2,1-3H3/t20-,21-/m1/s1. The average Bonchev–Trinajstić information content (AvgIpc) is 2.75. The van der Waals surface area contributed by atoms with Crippen LogP contribution in [0, 0.1) is 0 Å². The molecule has 0 amide bonds. The van der Waals surface area contributed by atoms with E-state index in [0.29, 0.717) is 10.6 Å². The van der Waals surface area contributed by atoms with Crippen molar-refractivity contribution in [3.05, 3.63) is 58.1 Å². The Balaban J connectivity index is 2.29. The highest BCUT2D eigenvalue weighted by Gasteiger charge is 2.42. The molecule has 2 aromatic rings. The van der Waals surface area contributed by atoms with E-state index in [2.05, 4.69) is 35.1 Å². The number of rotatable bonds is 5. The van der Waals surface area contributed by atoms with Crippen molar-refractivity contribution in [2.24, 2.45) is 0 Å². The molecule has 2 atom stereocenters. The van der Waals surface area contributed by atoms with Gasteiger partial charge in [-0.25, -0.2) is 8.42 Å². The van der Waals surface area contributed by atoms with Crippen LogP contribution in [0.15, 0.2) is 51.8 Å². The zero-order valence-corrected chi connectivity index (χ0v) is 18.4. The van der Waals surface area contributed by atoms with E-state index in [-0.39, 0.29) is 11.8 Å². The summed E-state index contributed by atoms with van der Waals surface area (Å²) >= 11 is 3.53. The van der Waals surface area contributed by atoms with Gasteiger partial charge in [0.1, 0.15) is 5.75 Å². The van der Waals surface area contributed by atoms with Crippen LogP contribution in [0.25, 0.3) is 0 Å². The van der Waals surface area contributed by atoms with Crippen LogP contribution in [0.3, 0.4) is 0 Å². The lowest BCUT2D eigenvalue weighted by molar-refractivity contribution is 0.299. The molecule has 0 aliphatic carbocycles. The minimum Gasteiger partial charge on any atom is -0.496 e. The average molecular weight is 452 g/mol. The van der Waals surface area contributed by atoms with Gasteiger partial charge in [0, 0.05) is 11.6 Å². The Morgan fingerprint density at radius 1 is 1.22 bits per heavy atom. The van der Waals surface area contributed by atoms with E-state index in [4.69, 9.17) is 4.74 Å². The SMILES string of the molecule is CCC[C@]1(CC)CS(=O)(=O)c2cc(OC)c(Br)cc2[C@@H](c2ccccc2)N1. The molecule has 3 rings (SSSR count). The summed E-state index contributed by atoms with van der Waals surface area (Å²) < 4.78 is 32.9. The topological polar surface area (TPSA) is 55.4 Å². The lowest BCUT2D eigenvalue weighted by Gasteiger charge is -2.35. The molecular weight excluding hydrogens is 426 g/mol. The Morgan fingerprint density at radius 3 is 2.52 bits per heavy atom. The fraction of sp³-hybridized carbons (Fsp3) is 0.429. The first-order valence-electron chi connectivity index (χ1n) is 9.28. The number of sulfone groups is 1. The highest BCUT2D eigenvalue weighted by molar-refractivity contribution is 9.10. The van der Waals surface area contributed by atoms with Gasteiger partial charge in [-0.05, 0) is 46.0 Å². The van der Waals surface area contributed by atoms with Crippen LogP contribution in [0.2, 0.25) is 0 Å². The van der Waals surface area contributed by atoms with Crippen LogP contribution in [-0.4, -0.2) is 26.8 Å². The van der Waals surface area contributed by atoms with Gasteiger partial charge in [-0.3, -0.25) is 5.32 Å². The van der Waals surface area contributed by atoms with E-state index in [9.17, 15) is 8.42 Å². The number of halogens is 1. The normalized spacial score (nSPS) is 24.1. The smallest absolute Gasteiger partial charge is 0.180 e. The largest absolute Gasteiger partial charge is 0.496 e. The first-order valence-corrected chi connectivity index (χ1v) is 11.7. The zero-order chi connectivity index (χ0) is 19.7. The van der Waals surface area contributed by atoms with Crippen LogP contribution in [0.4, 0.5) is 0 Å². The van der Waals surface area contributed by atoms with Crippen LogP contribution >= 0.6 is 15.9 Å². The molecule has 1 aliphatic rings. The van der Waals surface area contributed by atoms with Crippen LogP contribution in [0.5, 0.6) is 5.75 Å². The molecule has 0 bridgehead atoms. The zero-order valence-electron chi connectivity index (χ0n) is 16.0. The van der Waals surface area contributed by atoms with Gasteiger partial charge < -0.3 is 4.74 Å². The van der Waals surface area contributed by atoms with E-state index >= 15 is 0 Å². The second kappa shape index (κ2) is 7.94. The highest BCUT2D eigenvalue weighted by atomic mass is 79.9. The van der Waals surface area contributed by atoms with Crippen molar-refractivity contribution < 1.29 is 13.2 Å². The van der Waals surface area contributed by atoms with Crippen molar-refractivity contribution in [1.29, 1.82) is 0 Å². The summed E-state index contributed by atoms with van der Waals surface area (Å²) in [7, 11) is -1.92. The number of hydrogen-bond donors (Lipinski definition) is 1. The second-order valence-electron chi connectivity index (χ2n) is 7.16. The molecule has 0 saturated heterocycles. The van der Waals surface area contributed by atoms with E-state index in [1.165, 1.54) is 0 Å². The second-order valence-corrected chi connectivity index (χ2v) is 9.97. The van der Waals surface area contributed by atoms with E-state index in [1.54, 1.807) is 13.2 Å². The predicted octanol–water partition coefficient (Wildman–Crippen LogP) is 4.87. The van der Waals surface area contributed by atoms with Gasteiger partial charge in [-0.15, -0.1) is 0 Å². The summed E-state index contributed by atoms with van der Waals surface area (Å²) in [5, 5.41) is 3.73. The van der Waals surface area contributed by atoms with Gasteiger partial charge in [0.2, 0.25) is 0 Å². The first-order chi connectivity index (χ1) is 12.9. The Bertz CT molecular complexity index is 915. The third-order valence-corrected chi connectivity index (χ3v) is 7.96. The van der Waals surface area contributed by atoms with Gasteiger partial charge in [-0.2, -0.15) is 0 Å². The molecular formula is C21H26BrNO3S. The van der Waals surface area contributed by atoms with Crippen molar-refractivity contribution in [1.82, 2.24) is 5.32 Å². The molecule has 1 N–H and O–H groups in total. The number of hydrogen-bond acceptors (Lipinski definition) is 4. The predicted molar refractivity (Wildman–Crippen MR) is 112 cm³/mol. The van der Waals surface area contributed by atoms with Gasteiger partial charge in [0.15, 0.2) is 9.84 Å². The molecule has 1 heterocycles. The summed E-state index contributed by atoms with van der Waals surface area (Å²) in [6, 6.07) is 13.4. The van der Waals surface area contributed by atoms with Crippen LogP contribution < -0.4 is 10.1 Å². The van der Waals surface area contributed by atoms with Crippen molar-refractivity contribution in [2.45, 2.75) is 49.6 Å². The van der Waals surface area contributed by atoms with Crippen molar-refractivity contribution >= 4 is 25.8 Å². The van der Waals surface area contributed by atoms with Gasteiger partial charge in [0.25, 0.3) is 0 Å². The van der Waals surface area contributed by atoms with E-state index < -0.39 is 15.4 Å². The van der Waals surface area contributed by atoms with Gasteiger partial charge in [0.05, 0.1) is 28.3 Å². The molecule has 146 valence electrons. The summed E-state index contributed by atoms with van der Waals surface area (Å²) in [5.41, 5.74) is 1.36. The number of nitrogens with one attached hydrogen (secondary N) is 1. The molecule has 0 unspecified atom stereocenters. The summed E-state index contributed by atoms with van der Waals surface area (Å²) in [4.78, 5) is 0.357. The minimum atomic E-state index is -3.47. The Labute approximate surface area is 170 Å². The Hall–Kier alpha value is -1.37. The highest BCUT2D eigenvalue weighted by Crippen LogP contribution is 2.41. The van der Waals surface area contributed by atoms with Crippen LogP contribution in [-0.2, 0) is 9.84 Å². The van der Waals surface area contributed by atoms with Gasteiger partial charge in [-0.1, -0.05) is 50.6 Å². The third-order valence-electron chi connectivity index (χ3n) is 5.39. The maximum atomic E-state index is 13.4. The number of benzene rings is 2. The van der Waals surface area contributed by atoms with E-state index in [0.717, 1.165) is 34.9 Å². The fourth-order valence-corrected chi connectivity index (χ4v) is 6.64. The quantitative estimate of drug-likeness (QED) is 0.703. The molecule has 1 aliphatic heterocycles. The molecule has 0 fully saturated rings.